The second kappa shape index (κ2) is 6.66. The number of hydrogen-bond acceptors (Lipinski definition) is 5. The zero-order valence-electron chi connectivity index (χ0n) is 12.8. The zero-order valence-corrected chi connectivity index (χ0v) is 14.3. The van der Waals surface area contributed by atoms with E-state index < -0.39 is 28.2 Å². The summed E-state index contributed by atoms with van der Waals surface area (Å²) in [4.78, 5) is 34.8. The normalized spacial score (nSPS) is 15.5. The lowest BCUT2D eigenvalue weighted by atomic mass is 10.1. The lowest BCUT2D eigenvalue weighted by molar-refractivity contribution is -0.385. The molecule has 1 saturated heterocycles. The van der Waals surface area contributed by atoms with Crippen LogP contribution >= 0.6 is 23.2 Å². The van der Waals surface area contributed by atoms with Gasteiger partial charge in [0.1, 0.15) is 5.57 Å². The van der Waals surface area contributed by atoms with Crippen LogP contribution in [0.4, 0.5) is 11.4 Å². The third-order valence-corrected chi connectivity index (χ3v) is 4.30. The van der Waals surface area contributed by atoms with E-state index in [1.165, 1.54) is 30.3 Å². The van der Waals surface area contributed by atoms with Crippen molar-refractivity contribution in [2.45, 2.75) is 0 Å². The number of carbonyl (C=O) groups excluding carboxylic acids is 2. The lowest BCUT2D eigenvalue weighted by Crippen LogP contribution is -2.35. The summed E-state index contributed by atoms with van der Waals surface area (Å²) in [6, 6.07) is 7.90. The number of carbonyl (C=O) groups is 2. The number of rotatable bonds is 3. The molecule has 132 valence electrons. The number of halogens is 2. The Morgan fingerprint density at radius 2 is 1.85 bits per heavy atom. The predicted octanol–water partition coefficient (Wildman–Crippen LogP) is 3.07. The topological polar surface area (TPSA) is 113 Å². The molecule has 0 unspecified atom stereocenters. The first-order chi connectivity index (χ1) is 12.3. The Balaban J connectivity index is 1.96. The van der Waals surface area contributed by atoms with Gasteiger partial charge >= 0.3 is 5.69 Å². The molecule has 1 heterocycles. The van der Waals surface area contributed by atoms with Crippen molar-refractivity contribution < 1.29 is 19.6 Å². The minimum Gasteiger partial charge on any atom is -0.502 e. The van der Waals surface area contributed by atoms with Crippen LogP contribution in [0.3, 0.4) is 0 Å². The van der Waals surface area contributed by atoms with Crippen LogP contribution in [-0.2, 0) is 9.59 Å². The second-order valence-electron chi connectivity index (χ2n) is 5.24. The fraction of sp³-hybridized carbons (Fsp3) is 0. The van der Waals surface area contributed by atoms with Crippen molar-refractivity contribution in [3.8, 4) is 5.75 Å². The molecule has 1 fully saturated rings. The molecule has 0 bridgehead atoms. The van der Waals surface area contributed by atoms with E-state index in [2.05, 4.69) is 5.43 Å². The van der Waals surface area contributed by atoms with Crippen LogP contribution in [0.2, 0.25) is 10.0 Å². The molecule has 0 saturated carbocycles. The Hall–Kier alpha value is -3.10. The first-order valence-corrected chi connectivity index (χ1v) is 7.83. The number of phenols is 1. The fourth-order valence-electron chi connectivity index (χ4n) is 2.31. The largest absolute Gasteiger partial charge is 0.502 e. The summed E-state index contributed by atoms with van der Waals surface area (Å²) in [6.07, 6.45) is 1.20. The van der Waals surface area contributed by atoms with Crippen LogP contribution in [0.1, 0.15) is 5.56 Å². The van der Waals surface area contributed by atoms with Crippen molar-refractivity contribution in [2.75, 3.05) is 5.01 Å². The quantitative estimate of drug-likeness (QED) is 0.360. The van der Waals surface area contributed by atoms with Crippen LogP contribution in [0, 0.1) is 10.1 Å². The van der Waals surface area contributed by atoms with Crippen molar-refractivity contribution in [3.05, 3.63) is 67.7 Å². The van der Waals surface area contributed by atoms with E-state index in [0.717, 1.165) is 17.1 Å². The maximum atomic E-state index is 12.5. The number of hydrogen-bond donors (Lipinski definition) is 2. The summed E-state index contributed by atoms with van der Waals surface area (Å²) in [5, 5.41) is 21.8. The molecule has 10 heteroatoms. The van der Waals surface area contributed by atoms with Gasteiger partial charge in [-0.1, -0.05) is 29.3 Å². The SMILES string of the molecule is O=C1NN(c2ccc(Cl)c(Cl)c2)C(=O)C1=Cc1ccc(O)c([N+](=O)[O-])c1. The van der Waals surface area contributed by atoms with Crippen LogP contribution in [0.25, 0.3) is 6.08 Å². The smallest absolute Gasteiger partial charge is 0.311 e. The molecule has 26 heavy (non-hydrogen) atoms. The Kier molecular flexibility index (Phi) is 4.54. The summed E-state index contributed by atoms with van der Waals surface area (Å²) in [5.41, 5.74) is 2.13. The summed E-state index contributed by atoms with van der Waals surface area (Å²) in [5.74, 6) is -1.86. The molecule has 2 aromatic carbocycles. The molecule has 3 rings (SSSR count). The van der Waals surface area contributed by atoms with Gasteiger partial charge in [-0.25, -0.2) is 5.01 Å². The van der Waals surface area contributed by atoms with Crippen molar-refractivity contribution in [1.82, 2.24) is 5.43 Å². The van der Waals surface area contributed by atoms with Crippen molar-refractivity contribution in [3.63, 3.8) is 0 Å². The second-order valence-corrected chi connectivity index (χ2v) is 6.06. The van der Waals surface area contributed by atoms with Gasteiger partial charge in [-0.2, -0.15) is 0 Å². The lowest BCUT2D eigenvalue weighted by Gasteiger charge is -2.15. The maximum absolute atomic E-state index is 12.5. The molecule has 2 aromatic rings. The van der Waals surface area contributed by atoms with Crippen LogP contribution in [-0.4, -0.2) is 21.8 Å². The fourth-order valence-corrected chi connectivity index (χ4v) is 2.60. The number of nitrogens with one attached hydrogen (secondary N) is 1. The predicted molar refractivity (Wildman–Crippen MR) is 94.8 cm³/mol. The number of nitrogens with zero attached hydrogens (tertiary/aromatic N) is 2. The molecule has 0 spiro atoms. The van der Waals surface area contributed by atoms with Gasteiger partial charge in [-0.15, -0.1) is 0 Å². The number of aromatic hydroxyl groups is 1. The van der Waals surface area contributed by atoms with Gasteiger partial charge in [0.15, 0.2) is 5.75 Å². The highest BCUT2D eigenvalue weighted by molar-refractivity contribution is 6.42. The molecule has 2 amide bonds. The first kappa shape index (κ1) is 17.7. The molecule has 1 aliphatic heterocycles. The Morgan fingerprint density at radius 1 is 1.12 bits per heavy atom. The van der Waals surface area contributed by atoms with Crippen molar-refractivity contribution >= 4 is 52.5 Å². The summed E-state index contributed by atoms with van der Waals surface area (Å²) in [7, 11) is 0. The third-order valence-electron chi connectivity index (χ3n) is 3.56. The van der Waals surface area contributed by atoms with Gasteiger partial charge in [0.05, 0.1) is 20.7 Å². The van der Waals surface area contributed by atoms with Gasteiger partial charge in [-0.3, -0.25) is 25.1 Å². The number of amides is 2. The van der Waals surface area contributed by atoms with Crippen LogP contribution in [0.5, 0.6) is 5.75 Å². The molecule has 0 radical (unpaired) electrons. The number of benzene rings is 2. The van der Waals surface area contributed by atoms with Gasteiger partial charge in [0.25, 0.3) is 11.8 Å². The van der Waals surface area contributed by atoms with E-state index in [1.54, 1.807) is 0 Å². The highest BCUT2D eigenvalue weighted by Crippen LogP contribution is 2.30. The Labute approximate surface area is 156 Å². The number of anilines is 1. The van der Waals surface area contributed by atoms with Gasteiger partial charge < -0.3 is 5.11 Å². The number of nitro groups is 1. The average Bonchev–Trinajstić information content (AvgIpc) is 2.87. The molecule has 8 nitrogen and oxygen atoms in total. The highest BCUT2D eigenvalue weighted by atomic mass is 35.5. The minimum absolute atomic E-state index is 0.206. The van der Waals surface area contributed by atoms with Gasteiger partial charge in [-0.05, 0) is 35.9 Å². The maximum Gasteiger partial charge on any atom is 0.311 e. The van der Waals surface area contributed by atoms with Crippen LogP contribution < -0.4 is 10.4 Å². The number of phenolic OH excluding ortho intramolecular Hbond substituents is 1. The van der Waals surface area contributed by atoms with Gasteiger partial charge in [0, 0.05) is 6.07 Å². The van der Waals surface area contributed by atoms with Crippen molar-refractivity contribution in [2.24, 2.45) is 0 Å². The molecule has 1 aliphatic rings. The van der Waals surface area contributed by atoms with Gasteiger partial charge in [0.2, 0.25) is 0 Å². The standard InChI is InChI=1S/C16H9Cl2N3O5/c17-11-3-2-9(7-12(11)18)20-16(24)10(15(23)19-20)5-8-1-4-14(22)13(6-8)21(25)26/h1-7,22H,(H,19,23). The molecule has 0 aliphatic carbocycles. The zero-order chi connectivity index (χ0) is 19.0. The minimum atomic E-state index is -0.768. The Morgan fingerprint density at radius 3 is 2.50 bits per heavy atom. The summed E-state index contributed by atoms with van der Waals surface area (Å²) >= 11 is 11.8. The average molecular weight is 394 g/mol. The van der Waals surface area contributed by atoms with E-state index in [9.17, 15) is 24.8 Å². The van der Waals surface area contributed by atoms with Crippen molar-refractivity contribution in [1.29, 1.82) is 0 Å². The molecular formula is C16H9Cl2N3O5. The molecule has 2 N–H and O–H groups in total. The molecular weight excluding hydrogens is 385 g/mol. The molecule has 0 atom stereocenters. The third kappa shape index (κ3) is 3.19. The first-order valence-electron chi connectivity index (χ1n) is 7.07. The van der Waals surface area contributed by atoms with E-state index >= 15 is 0 Å². The van der Waals surface area contributed by atoms with E-state index in [-0.39, 0.29) is 16.2 Å². The highest BCUT2D eigenvalue weighted by Gasteiger charge is 2.34. The number of hydrazine groups is 1. The number of nitro benzene ring substituents is 1. The van der Waals surface area contributed by atoms with E-state index in [1.807, 2.05) is 0 Å². The van der Waals surface area contributed by atoms with E-state index in [4.69, 9.17) is 23.2 Å². The monoisotopic (exact) mass is 393 g/mol. The molecule has 0 aromatic heterocycles. The Bertz CT molecular complexity index is 990. The van der Waals surface area contributed by atoms with Crippen LogP contribution in [0.15, 0.2) is 42.0 Å². The summed E-state index contributed by atoms with van der Waals surface area (Å²) in [6.45, 7) is 0. The van der Waals surface area contributed by atoms with E-state index in [0.29, 0.717) is 10.7 Å². The summed E-state index contributed by atoms with van der Waals surface area (Å²) < 4.78 is 0.